The summed E-state index contributed by atoms with van der Waals surface area (Å²) < 4.78 is 47.7. The molecule has 0 aromatic rings. The lowest BCUT2D eigenvalue weighted by atomic mass is 9.78. The Morgan fingerprint density at radius 2 is 1.56 bits per heavy atom. The van der Waals surface area contributed by atoms with Crippen molar-refractivity contribution in [1.29, 1.82) is 0 Å². The Labute approximate surface area is 459 Å². The number of Topliss-reactive ketones (excluding diaryl/α,β-unsaturated/α-hetero) is 3. The average molecular weight is 1090 g/mol. The third-order valence-electron chi connectivity index (χ3n) is 16.8. The molecule has 5 aliphatic rings. The summed E-state index contributed by atoms with van der Waals surface area (Å²) in [5.41, 5.74) is 1.26. The van der Waals surface area contributed by atoms with Gasteiger partial charge in [-0.2, -0.15) is 0 Å². The highest BCUT2D eigenvalue weighted by atomic mass is 16.6. The van der Waals surface area contributed by atoms with E-state index in [-0.39, 0.29) is 73.9 Å². The van der Waals surface area contributed by atoms with Gasteiger partial charge in [0.05, 0.1) is 50.8 Å². The number of rotatable bonds is 14. The maximum absolute atomic E-state index is 14.7. The Balaban J connectivity index is 1.42. The van der Waals surface area contributed by atoms with Crippen molar-refractivity contribution in [2.45, 2.75) is 186 Å². The summed E-state index contributed by atoms with van der Waals surface area (Å²) in [5.74, 6) is -7.92. The van der Waals surface area contributed by atoms with Gasteiger partial charge < -0.3 is 53.0 Å². The van der Waals surface area contributed by atoms with Crippen LogP contribution < -0.4 is 0 Å². The first-order valence-corrected chi connectivity index (χ1v) is 28.8. The second-order valence-electron chi connectivity index (χ2n) is 22.9. The molecule has 4 aliphatic heterocycles. The standard InChI is InChI=1S/C60H96N2O15/c1-39-17-12-11-13-18-40(2)51(75-32-31-70-8)37-47-22-20-45(7)60(69,77-47)57(66)58(67)62-25-15-14-19-48(62)59(68)76-52(38-49(63)41(3)34-44(6)55(65)56(72-10)54(64)43(5)33-39)42(4)35-46-21-23-50(53(36-46)71-9)74-28-16-24-61-26-29-73-30-27-61/h11-13,17-18,34,39,41-43,45-48,50-53,55-56,65,69H,14-16,19-33,35-38H2,1-10H3/b13-11+,17-12+,40-18+,44-34+/t39-,41-,42-,43-,45-,46+,47+,48+,50-,51+,52+,53-,55-,56+,60-/m1/s1. The summed E-state index contributed by atoms with van der Waals surface area (Å²) in [5, 5.41) is 23.7. The Morgan fingerprint density at radius 1 is 0.805 bits per heavy atom. The van der Waals surface area contributed by atoms with Gasteiger partial charge in [-0.1, -0.05) is 71.1 Å². The number of morpholine rings is 1. The molecule has 17 heteroatoms. The van der Waals surface area contributed by atoms with Crippen LogP contribution in [0.1, 0.15) is 132 Å². The number of methoxy groups -OCH3 is 3. The van der Waals surface area contributed by atoms with Gasteiger partial charge in [0.15, 0.2) is 5.78 Å². The van der Waals surface area contributed by atoms with Crippen molar-refractivity contribution < 1.29 is 72.1 Å². The van der Waals surface area contributed by atoms with Crippen molar-refractivity contribution in [1.82, 2.24) is 9.80 Å². The molecule has 0 aromatic carbocycles. The molecular weight excluding hydrogens is 989 g/mol. The topological polar surface area (TPSA) is 206 Å². The Bertz CT molecular complexity index is 2020. The highest BCUT2D eigenvalue weighted by molar-refractivity contribution is 6.39. The lowest BCUT2D eigenvalue weighted by Gasteiger charge is -2.43. The molecule has 4 heterocycles. The Morgan fingerprint density at radius 3 is 2.27 bits per heavy atom. The van der Waals surface area contributed by atoms with Crippen LogP contribution in [0.15, 0.2) is 47.6 Å². The number of amides is 1. The number of fused-ring (bicyclic) bond motifs is 3. The molecule has 4 fully saturated rings. The normalized spacial score (nSPS) is 37.4. The van der Waals surface area contributed by atoms with Crippen LogP contribution in [0.5, 0.6) is 0 Å². The van der Waals surface area contributed by atoms with Crippen LogP contribution >= 0.6 is 0 Å². The number of esters is 1. The van der Waals surface area contributed by atoms with Crippen LogP contribution in [0.4, 0.5) is 0 Å². The molecule has 1 amide bonds. The number of cyclic esters (lactones) is 1. The fourth-order valence-electron chi connectivity index (χ4n) is 11.8. The van der Waals surface area contributed by atoms with Crippen molar-refractivity contribution >= 4 is 29.2 Å². The van der Waals surface area contributed by atoms with Crippen molar-refractivity contribution in [3.8, 4) is 0 Å². The zero-order chi connectivity index (χ0) is 56.2. The van der Waals surface area contributed by atoms with E-state index in [2.05, 4.69) is 4.90 Å². The highest BCUT2D eigenvalue weighted by Crippen LogP contribution is 2.38. The van der Waals surface area contributed by atoms with Gasteiger partial charge in [-0.15, -0.1) is 0 Å². The Hall–Kier alpha value is -3.49. The molecule has 1 saturated carbocycles. The minimum atomic E-state index is -2.46. The SMILES string of the molecule is COCCO[C@H]1C[C@@H]2CC[C@@H](C)[C@@](O)(O2)C(=O)C(=O)N2CCCC[C@H]2C(=O)O[C@H]([C@H](C)C[C@@H]2CC[C@@H](OCCCN3CCOCC3)[C@H](OC)C2)CC(=O)[C@H](C)/C=C(\C)[C@@H](O)[C@@H](OC)C(=O)[C@H](C)C[C@H](C)/C=C/C=C/C=C/1C. The lowest BCUT2D eigenvalue weighted by Crippen LogP contribution is -2.61. The van der Waals surface area contributed by atoms with Crippen molar-refractivity contribution in [2.24, 2.45) is 35.5 Å². The zero-order valence-corrected chi connectivity index (χ0v) is 48.2. The number of nitrogens with zero attached hydrogens (tertiary/aromatic N) is 2. The average Bonchev–Trinajstić information content (AvgIpc) is 3.43. The molecule has 2 bridgehead atoms. The van der Waals surface area contributed by atoms with Crippen molar-refractivity contribution in [3.05, 3.63) is 47.6 Å². The maximum atomic E-state index is 14.7. The van der Waals surface area contributed by atoms with Gasteiger partial charge in [0.2, 0.25) is 5.79 Å². The fourth-order valence-corrected chi connectivity index (χ4v) is 11.8. The summed E-state index contributed by atoms with van der Waals surface area (Å²) in [6, 6.07) is -1.15. The first-order valence-electron chi connectivity index (χ1n) is 28.8. The molecule has 2 N–H and O–H groups in total. The first-order chi connectivity index (χ1) is 36.8. The largest absolute Gasteiger partial charge is 0.460 e. The van der Waals surface area contributed by atoms with Gasteiger partial charge in [0, 0.05) is 84.7 Å². The van der Waals surface area contributed by atoms with Crippen LogP contribution in [0, 0.1) is 35.5 Å². The van der Waals surface area contributed by atoms with E-state index in [1.54, 1.807) is 41.1 Å². The van der Waals surface area contributed by atoms with Crippen LogP contribution in [-0.4, -0.2) is 184 Å². The molecule has 436 valence electrons. The van der Waals surface area contributed by atoms with E-state index in [4.69, 9.17) is 37.9 Å². The minimum Gasteiger partial charge on any atom is -0.460 e. The number of ether oxygens (including phenoxy) is 8. The van der Waals surface area contributed by atoms with Gasteiger partial charge in [-0.25, -0.2) is 4.79 Å². The molecule has 5 rings (SSSR count). The number of aliphatic hydroxyl groups is 2. The number of hydrogen-bond donors (Lipinski definition) is 2. The van der Waals surface area contributed by atoms with Gasteiger partial charge in [0.25, 0.3) is 11.7 Å². The summed E-state index contributed by atoms with van der Waals surface area (Å²) in [6.07, 6.45) is 13.3. The molecule has 77 heavy (non-hydrogen) atoms. The second kappa shape index (κ2) is 32.1. The van der Waals surface area contributed by atoms with Crippen LogP contribution in [0.2, 0.25) is 0 Å². The molecule has 0 radical (unpaired) electrons. The second-order valence-corrected chi connectivity index (χ2v) is 22.9. The number of piperidine rings is 1. The van der Waals surface area contributed by atoms with E-state index < -0.39 is 77.8 Å². The smallest absolute Gasteiger partial charge is 0.329 e. The predicted molar refractivity (Wildman–Crippen MR) is 292 cm³/mol. The van der Waals surface area contributed by atoms with Crippen LogP contribution in [-0.2, 0) is 61.9 Å². The molecule has 3 saturated heterocycles. The summed E-state index contributed by atoms with van der Waals surface area (Å²) in [4.78, 5) is 75.5. The summed E-state index contributed by atoms with van der Waals surface area (Å²) >= 11 is 0. The molecule has 0 unspecified atom stereocenters. The van der Waals surface area contributed by atoms with E-state index in [0.717, 1.165) is 64.1 Å². The summed E-state index contributed by atoms with van der Waals surface area (Å²) in [6.45, 7) is 18.5. The maximum Gasteiger partial charge on any atom is 0.329 e. The molecule has 1 aliphatic carbocycles. The highest BCUT2D eigenvalue weighted by Gasteiger charge is 2.53. The van der Waals surface area contributed by atoms with E-state index >= 15 is 0 Å². The van der Waals surface area contributed by atoms with Crippen molar-refractivity contribution in [3.63, 3.8) is 0 Å². The van der Waals surface area contributed by atoms with E-state index in [1.807, 2.05) is 58.1 Å². The van der Waals surface area contributed by atoms with Crippen LogP contribution in [0.3, 0.4) is 0 Å². The van der Waals surface area contributed by atoms with E-state index in [1.165, 1.54) is 12.0 Å². The molecule has 0 spiro atoms. The fraction of sp³-hybridized carbons (Fsp3) is 0.783. The van der Waals surface area contributed by atoms with Crippen LogP contribution in [0.25, 0.3) is 0 Å². The van der Waals surface area contributed by atoms with E-state index in [0.29, 0.717) is 57.3 Å². The number of hydrogen-bond acceptors (Lipinski definition) is 16. The zero-order valence-electron chi connectivity index (χ0n) is 48.2. The summed E-state index contributed by atoms with van der Waals surface area (Å²) in [7, 11) is 4.68. The first kappa shape index (κ1) is 64.3. The number of ketones is 3. The van der Waals surface area contributed by atoms with Gasteiger partial charge in [0.1, 0.15) is 30.1 Å². The third-order valence-corrected chi connectivity index (χ3v) is 16.8. The number of allylic oxidation sites excluding steroid dienone is 6. The molecule has 17 nitrogen and oxygen atoms in total. The van der Waals surface area contributed by atoms with Gasteiger partial charge >= 0.3 is 5.97 Å². The number of aliphatic hydroxyl groups excluding tert-OH is 1. The molecule has 0 aromatic heterocycles. The molecular formula is C60H96N2O15. The van der Waals surface area contributed by atoms with Gasteiger partial charge in [-0.05, 0) is 113 Å². The lowest BCUT2D eigenvalue weighted by molar-refractivity contribution is -0.266. The minimum absolute atomic E-state index is 0.00415. The number of carbonyl (C=O) groups is 5. The monoisotopic (exact) mass is 1080 g/mol. The van der Waals surface area contributed by atoms with Gasteiger partial charge in [-0.3, -0.25) is 24.1 Å². The predicted octanol–water partition coefficient (Wildman–Crippen LogP) is 6.94. The van der Waals surface area contributed by atoms with E-state index in [9.17, 15) is 34.2 Å². The third kappa shape index (κ3) is 18.8. The number of carbonyl (C=O) groups excluding carboxylic acids is 5. The Kier molecular flexibility index (Phi) is 26.8. The quantitative estimate of drug-likeness (QED) is 0.0782. The molecule has 15 atom stereocenters. The van der Waals surface area contributed by atoms with Crippen molar-refractivity contribution in [2.75, 3.05) is 80.5 Å².